The molecule has 132 valence electrons. The highest BCUT2D eigenvalue weighted by Gasteiger charge is 2.20. The molecule has 1 aliphatic heterocycles. The summed E-state index contributed by atoms with van der Waals surface area (Å²) in [4.78, 5) is 33.0. The van der Waals surface area contributed by atoms with Crippen LogP contribution in [0.1, 0.15) is 21.9 Å². The second-order valence-corrected chi connectivity index (χ2v) is 6.26. The van der Waals surface area contributed by atoms with Crippen LogP contribution in [-0.2, 0) is 6.54 Å². The van der Waals surface area contributed by atoms with E-state index in [-0.39, 0.29) is 5.78 Å². The van der Waals surface area contributed by atoms with E-state index in [2.05, 4.69) is 29.7 Å². The molecule has 4 rings (SSSR count). The number of H-pyrrole nitrogens is 1. The van der Waals surface area contributed by atoms with Crippen molar-refractivity contribution in [1.82, 2.24) is 24.8 Å². The number of piperazine rings is 1. The maximum Gasteiger partial charge on any atom is 0.228 e. The topological polar surface area (TPSA) is 78.0 Å². The fraction of sp³-hybridized carbons (Fsp3) is 0.263. The van der Waals surface area contributed by atoms with Gasteiger partial charge in [-0.15, -0.1) is 0 Å². The van der Waals surface area contributed by atoms with E-state index in [1.165, 1.54) is 0 Å². The number of carbonyl (C=O) groups excluding carboxylic acids is 1. The fourth-order valence-corrected chi connectivity index (χ4v) is 3.08. The van der Waals surface area contributed by atoms with Crippen LogP contribution in [0.25, 0.3) is 0 Å². The quantitative estimate of drug-likeness (QED) is 0.708. The molecule has 1 aliphatic rings. The van der Waals surface area contributed by atoms with Crippen molar-refractivity contribution >= 4 is 11.7 Å². The van der Waals surface area contributed by atoms with Gasteiger partial charge in [0.15, 0.2) is 5.82 Å². The molecule has 0 spiro atoms. The summed E-state index contributed by atoms with van der Waals surface area (Å²) in [5.74, 6) is 1.09. The highest BCUT2D eigenvalue weighted by atomic mass is 16.1. The van der Waals surface area contributed by atoms with Crippen molar-refractivity contribution in [2.24, 2.45) is 0 Å². The lowest BCUT2D eigenvalue weighted by atomic mass is 10.1. The number of nitrogens with one attached hydrogen (secondary N) is 1. The van der Waals surface area contributed by atoms with E-state index in [4.69, 9.17) is 0 Å². The number of hydrogen-bond acceptors (Lipinski definition) is 6. The first-order valence-corrected chi connectivity index (χ1v) is 8.67. The molecular weight excluding hydrogens is 328 g/mol. The molecule has 0 unspecified atom stereocenters. The minimum Gasteiger partial charge on any atom is -0.338 e. The third-order valence-electron chi connectivity index (χ3n) is 4.48. The van der Waals surface area contributed by atoms with Gasteiger partial charge in [0.05, 0.1) is 6.20 Å². The maximum atomic E-state index is 12.4. The molecule has 26 heavy (non-hydrogen) atoms. The Morgan fingerprint density at radius 3 is 2.42 bits per heavy atom. The molecule has 0 radical (unpaired) electrons. The monoisotopic (exact) mass is 348 g/mol. The highest BCUT2D eigenvalue weighted by molar-refractivity contribution is 6.06. The number of ketones is 1. The predicted octanol–water partition coefficient (Wildman–Crippen LogP) is 1.75. The van der Waals surface area contributed by atoms with Crippen LogP contribution in [0.2, 0.25) is 0 Å². The number of benzene rings is 1. The Labute approximate surface area is 151 Å². The van der Waals surface area contributed by atoms with Gasteiger partial charge in [0, 0.05) is 56.4 Å². The van der Waals surface area contributed by atoms with Crippen LogP contribution in [0.15, 0.2) is 55.0 Å². The molecule has 7 heteroatoms. The third-order valence-corrected chi connectivity index (χ3v) is 4.48. The Bertz CT molecular complexity index is 856. The van der Waals surface area contributed by atoms with Crippen LogP contribution in [0.3, 0.4) is 0 Å². The van der Waals surface area contributed by atoms with E-state index in [1.54, 1.807) is 30.7 Å². The molecule has 0 saturated carbocycles. The summed E-state index contributed by atoms with van der Waals surface area (Å²) in [6.07, 6.45) is 5.29. The molecule has 3 aromatic rings. The lowest BCUT2D eigenvalue weighted by Gasteiger charge is -2.34. The molecular formula is C19H20N6O. The Morgan fingerprint density at radius 1 is 0.962 bits per heavy atom. The lowest BCUT2D eigenvalue weighted by molar-refractivity contribution is 0.103. The standard InChI is InChI=1S/C19H20N6O/c26-17(15-5-2-1-3-6-15)18-22-13-16(23-18)14-24-9-11-25(12-10-24)19-20-7-4-8-21-19/h1-8,13H,9-12,14H2,(H,22,23). The third kappa shape index (κ3) is 3.62. The SMILES string of the molecule is O=C(c1ccccc1)c1ncc(CN2CCN(c3ncccn3)CC2)[nH]1. The van der Waals surface area contributed by atoms with Crippen LogP contribution in [0.5, 0.6) is 0 Å². The first-order valence-electron chi connectivity index (χ1n) is 8.67. The number of anilines is 1. The number of rotatable bonds is 5. The predicted molar refractivity (Wildman–Crippen MR) is 98.0 cm³/mol. The minimum absolute atomic E-state index is 0.0807. The Kier molecular flexibility index (Phi) is 4.70. The van der Waals surface area contributed by atoms with Crippen molar-refractivity contribution in [3.05, 3.63) is 72.1 Å². The Balaban J connectivity index is 1.35. The summed E-state index contributed by atoms with van der Waals surface area (Å²) in [7, 11) is 0. The van der Waals surface area contributed by atoms with Crippen molar-refractivity contribution in [3.63, 3.8) is 0 Å². The first kappa shape index (κ1) is 16.4. The van der Waals surface area contributed by atoms with Crippen molar-refractivity contribution in [1.29, 1.82) is 0 Å². The second-order valence-electron chi connectivity index (χ2n) is 6.26. The van der Waals surface area contributed by atoms with E-state index < -0.39 is 0 Å². The number of hydrogen-bond donors (Lipinski definition) is 1. The van der Waals surface area contributed by atoms with Gasteiger partial charge in [0.25, 0.3) is 0 Å². The fourth-order valence-electron chi connectivity index (χ4n) is 3.08. The zero-order valence-corrected chi connectivity index (χ0v) is 14.4. The van der Waals surface area contributed by atoms with E-state index in [0.29, 0.717) is 11.4 Å². The van der Waals surface area contributed by atoms with Crippen molar-refractivity contribution in [2.45, 2.75) is 6.54 Å². The number of imidazole rings is 1. The number of nitrogens with zero attached hydrogens (tertiary/aromatic N) is 5. The second kappa shape index (κ2) is 7.45. The first-order chi connectivity index (χ1) is 12.8. The van der Waals surface area contributed by atoms with E-state index in [9.17, 15) is 4.79 Å². The zero-order chi connectivity index (χ0) is 17.8. The van der Waals surface area contributed by atoms with E-state index in [0.717, 1.165) is 44.4 Å². The smallest absolute Gasteiger partial charge is 0.228 e. The highest BCUT2D eigenvalue weighted by Crippen LogP contribution is 2.13. The number of aromatic amines is 1. The van der Waals surface area contributed by atoms with Gasteiger partial charge in [0.2, 0.25) is 11.7 Å². The zero-order valence-electron chi connectivity index (χ0n) is 14.4. The summed E-state index contributed by atoms with van der Waals surface area (Å²) in [6.45, 7) is 4.35. The summed E-state index contributed by atoms with van der Waals surface area (Å²) < 4.78 is 0. The Morgan fingerprint density at radius 2 is 1.69 bits per heavy atom. The van der Waals surface area contributed by atoms with Gasteiger partial charge in [-0.1, -0.05) is 30.3 Å². The number of carbonyl (C=O) groups is 1. The molecule has 1 saturated heterocycles. The van der Waals surface area contributed by atoms with Gasteiger partial charge in [0.1, 0.15) is 0 Å². The van der Waals surface area contributed by atoms with Crippen LogP contribution in [-0.4, -0.2) is 56.8 Å². The average Bonchev–Trinajstić information content (AvgIpc) is 3.18. The molecule has 0 aliphatic carbocycles. The lowest BCUT2D eigenvalue weighted by Crippen LogP contribution is -2.46. The van der Waals surface area contributed by atoms with E-state index in [1.807, 2.05) is 24.3 Å². The van der Waals surface area contributed by atoms with E-state index >= 15 is 0 Å². The molecule has 7 nitrogen and oxygen atoms in total. The molecule has 1 fully saturated rings. The van der Waals surface area contributed by atoms with Gasteiger partial charge >= 0.3 is 0 Å². The molecule has 0 atom stereocenters. The summed E-state index contributed by atoms with van der Waals surface area (Å²) in [5, 5.41) is 0. The van der Waals surface area contributed by atoms with Gasteiger partial charge in [-0.25, -0.2) is 15.0 Å². The van der Waals surface area contributed by atoms with Crippen LogP contribution < -0.4 is 4.90 Å². The molecule has 3 heterocycles. The molecule has 0 amide bonds. The van der Waals surface area contributed by atoms with Gasteiger partial charge < -0.3 is 9.88 Å². The molecule has 0 bridgehead atoms. The molecule has 1 N–H and O–H groups in total. The maximum absolute atomic E-state index is 12.4. The number of aromatic nitrogens is 4. The van der Waals surface area contributed by atoms with Crippen LogP contribution in [0, 0.1) is 0 Å². The van der Waals surface area contributed by atoms with Crippen molar-refractivity contribution in [3.8, 4) is 0 Å². The largest absolute Gasteiger partial charge is 0.338 e. The van der Waals surface area contributed by atoms with Gasteiger partial charge in [-0.05, 0) is 6.07 Å². The molecule has 2 aromatic heterocycles. The van der Waals surface area contributed by atoms with Crippen LogP contribution in [0.4, 0.5) is 5.95 Å². The van der Waals surface area contributed by atoms with Gasteiger partial charge in [-0.2, -0.15) is 0 Å². The summed E-state index contributed by atoms with van der Waals surface area (Å²) in [6, 6.07) is 11.0. The Hall–Kier alpha value is -3.06. The van der Waals surface area contributed by atoms with Crippen LogP contribution >= 0.6 is 0 Å². The molecule has 1 aromatic carbocycles. The van der Waals surface area contributed by atoms with Crippen molar-refractivity contribution in [2.75, 3.05) is 31.1 Å². The van der Waals surface area contributed by atoms with Crippen molar-refractivity contribution < 1.29 is 4.79 Å². The summed E-state index contributed by atoms with van der Waals surface area (Å²) in [5.41, 5.74) is 1.60. The van der Waals surface area contributed by atoms with Gasteiger partial charge in [-0.3, -0.25) is 9.69 Å². The normalized spacial score (nSPS) is 15.2. The summed E-state index contributed by atoms with van der Waals surface area (Å²) >= 11 is 0. The minimum atomic E-state index is -0.0807. The average molecular weight is 348 g/mol.